The van der Waals surface area contributed by atoms with E-state index in [1.54, 1.807) is 31.2 Å². The van der Waals surface area contributed by atoms with Gasteiger partial charge in [-0.1, -0.05) is 42.5 Å². The maximum Gasteiger partial charge on any atom is 0.287 e. The second-order valence-corrected chi connectivity index (χ2v) is 5.61. The molecule has 3 rings (SSSR count). The largest absolute Gasteiger partial charge is 0.488 e. The number of hydrogen-bond acceptors (Lipinski definition) is 3. The van der Waals surface area contributed by atoms with Crippen LogP contribution in [0.2, 0.25) is 0 Å². The van der Waals surface area contributed by atoms with Gasteiger partial charge in [-0.05, 0) is 30.7 Å². The number of aryl methyl sites for hydroxylation is 1. The Morgan fingerprint density at radius 1 is 1.12 bits per heavy atom. The van der Waals surface area contributed by atoms with Crippen LogP contribution in [-0.2, 0) is 0 Å². The minimum Gasteiger partial charge on any atom is -0.488 e. The van der Waals surface area contributed by atoms with E-state index in [-0.39, 0.29) is 24.0 Å². The summed E-state index contributed by atoms with van der Waals surface area (Å²) in [5.74, 6) is -0.380. The summed E-state index contributed by atoms with van der Waals surface area (Å²) in [7, 11) is 0. The fourth-order valence-corrected chi connectivity index (χ4v) is 2.47. The number of amides is 1. The lowest BCUT2D eigenvalue weighted by Gasteiger charge is -2.19. The van der Waals surface area contributed by atoms with Gasteiger partial charge in [0, 0.05) is 5.56 Å². The summed E-state index contributed by atoms with van der Waals surface area (Å²) in [6, 6.07) is 16.8. The number of ether oxygens (including phenoxy) is 1. The van der Waals surface area contributed by atoms with E-state index < -0.39 is 11.9 Å². The molecule has 128 valence electrons. The van der Waals surface area contributed by atoms with Crippen LogP contribution in [0.25, 0.3) is 0 Å². The molecule has 2 aromatic carbocycles. The third-order valence-electron chi connectivity index (χ3n) is 3.82. The zero-order valence-corrected chi connectivity index (χ0v) is 13.7. The van der Waals surface area contributed by atoms with E-state index in [0.717, 1.165) is 11.1 Å². The molecular formula is C20H18FNO3. The number of carbonyl (C=O) groups is 1. The van der Waals surface area contributed by atoms with Crippen LogP contribution in [-0.4, -0.2) is 12.5 Å². The van der Waals surface area contributed by atoms with Crippen molar-refractivity contribution in [1.29, 1.82) is 0 Å². The van der Waals surface area contributed by atoms with E-state index >= 15 is 0 Å². The molecule has 1 unspecified atom stereocenters. The highest BCUT2D eigenvalue weighted by molar-refractivity contribution is 5.93. The van der Waals surface area contributed by atoms with Gasteiger partial charge in [-0.3, -0.25) is 4.79 Å². The Morgan fingerprint density at radius 2 is 1.84 bits per heavy atom. The van der Waals surface area contributed by atoms with Crippen LogP contribution in [0.5, 0.6) is 5.75 Å². The molecule has 0 radical (unpaired) electrons. The second-order valence-electron chi connectivity index (χ2n) is 5.61. The molecule has 4 nitrogen and oxygen atoms in total. The molecule has 0 spiro atoms. The van der Waals surface area contributed by atoms with Gasteiger partial charge >= 0.3 is 0 Å². The number of para-hydroxylation sites is 1. The van der Waals surface area contributed by atoms with Crippen LogP contribution in [0.3, 0.4) is 0 Å². The molecule has 0 bridgehead atoms. The van der Waals surface area contributed by atoms with Crippen molar-refractivity contribution in [3.63, 3.8) is 0 Å². The number of benzene rings is 2. The summed E-state index contributed by atoms with van der Waals surface area (Å²) in [5.41, 5.74) is 1.61. The molecular weight excluding hydrogens is 321 g/mol. The average molecular weight is 339 g/mol. The fourth-order valence-electron chi connectivity index (χ4n) is 2.47. The number of hydrogen-bond donors (Lipinski definition) is 1. The molecule has 0 saturated heterocycles. The van der Waals surface area contributed by atoms with Crippen molar-refractivity contribution in [3.05, 3.63) is 89.6 Å². The van der Waals surface area contributed by atoms with Crippen molar-refractivity contribution >= 4 is 5.91 Å². The molecule has 0 aliphatic heterocycles. The summed E-state index contributed by atoms with van der Waals surface area (Å²) >= 11 is 0. The van der Waals surface area contributed by atoms with E-state index in [0.29, 0.717) is 0 Å². The normalized spacial score (nSPS) is 11.8. The topological polar surface area (TPSA) is 51.5 Å². The van der Waals surface area contributed by atoms with Crippen LogP contribution in [0.15, 0.2) is 71.3 Å². The molecule has 25 heavy (non-hydrogen) atoms. The lowest BCUT2D eigenvalue weighted by atomic mass is 10.1. The average Bonchev–Trinajstić information content (AvgIpc) is 3.06. The van der Waals surface area contributed by atoms with Crippen molar-refractivity contribution in [2.45, 2.75) is 13.0 Å². The summed E-state index contributed by atoms with van der Waals surface area (Å²) < 4.78 is 24.6. The summed E-state index contributed by atoms with van der Waals surface area (Å²) in [6.45, 7) is 1.89. The second kappa shape index (κ2) is 7.66. The first-order valence-corrected chi connectivity index (χ1v) is 7.92. The SMILES string of the molecule is Cc1ccoc1C(=O)NC(COc1ccccc1F)c1ccccc1. The van der Waals surface area contributed by atoms with E-state index in [2.05, 4.69) is 5.32 Å². The van der Waals surface area contributed by atoms with Gasteiger partial charge in [0.25, 0.3) is 5.91 Å². The van der Waals surface area contributed by atoms with Gasteiger partial charge in [0.05, 0.1) is 12.3 Å². The predicted octanol–water partition coefficient (Wildman–Crippen LogP) is 4.28. The number of rotatable bonds is 6. The lowest BCUT2D eigenvalue weighted by Crippen LogP contribution is -2.32. The maximum absolute atomic E-state index is 13.8. The molecule has 0 saturated carbocycles. The highest BCUT2D eigenvalue weighted by atomic mass is 19.1. The highest BCUT2D eigenvalue weighted by Gasteiger charge is 2.20. The molecule has 1 N–H and O–H groups in total. The monoisotopic (exact) mass is 339 g/mol. The number of nitrogens with one attached hydrogen (secondary N) is 1. The predicted molar refractivity (Wildman–Crippen MR) is 92.0 cm³/mol. The first-order chi connectivity index (χ1) is 12.1. The van der Waals surface area contributed by atoms with Crippen molar-refractivity contribution in [2.75, 3.05) is 6.61 Å². The first-order valence-electron chi connectivity index (χ1n) is 7.92. The zero-order valence-electron chi connectivity index (χ0n) is 13.7. The van der Waals surface area contributed by atoms with Gasteiger partial charge < -0.3 is 14.5 Å². The van der Waals surface area contributed by atoms with Crippen LogP contribution in [0.4, 0.5) is 4.39 Å². The van der Waals surface area contributed by atoms with Gasteiger partial charge in [-0.2, -0.15) is 0 Å². The summed E-state index contributed by atoms with van der Waals surface area (Å²) in [6.07, 6.45) is 1.47. The van der Waals surface area contributed by atoms with Crippen molar-refractivity contribution < 1.29 is 18.3 Å². The molecule has 1 atom stereocenters. The third-order valence-corrected chi connectivity index (χ3v) is 3.82. The molecule has 1 amide bonds. The van der Waals surface area contributed by atoms with E-state index in [1.165, 1.54) is 12.3 Å². The maximum atomic E-state index is 13.8. The number of halogens is 1. The fraction of sp³-hybridized carbons (Fsp3) is 0.150. The molecule has 1 heterocycles. The third kappa shape index (κ3) is 4.07. The molecule has 3 aromatic rings. The van der Waals surface area contributed by atoms with Crippen LogP contribution in [0.1, 0.15) is 27.7 Å². The van der Waals surface area contributed by atoms with E-state index in [9.17, 15) is 9.18 Å². The number of furan rings is 1. The van der Waals surface area contributed by atoms with Crippen molar-refractivity contribution in [1.82, 2.24) is 5.32 Å². The highest BCUT2D eigenvalue weighted by Crippen LogP contribution is 2.20. The standard InChI is InChI=1S/C20H18FNO3/c1-14-11-12-24-19(14)20(23)22-17(15-7-3-2-4-8-15)13-25-18-10-6-5-9-16(18)21/h2-12,17H,13H2,1H3,(H,22,23). The Balaban J connectivity index is 1.77. The molecule has 0 aliphatic carbocycles. The van der Waals surface area contributed by atoms with Gasteiger partial charge in [0.15, 0.2) is 17.3 Å². The zero-order chi connectivity index (χ0) is 17.6. The molecule has 0 aliphatic rings. The summed E-state index contributed by atoms with van der Waals surface area (Å²) in [4.78, 5) is 12.5. The van der Waals surface area contributed by atoms with E-state index in [4.69, 9.17) is 9.15 Å². The van der Waals surface area contributed by atoms with Crippen molar-refractivity contribution in [3.8, 4) is 5.75 Å². The molecule has 1 aromatic heterocycles. The Labute approximate surface area is 145 Å². The Kier molecular flexibility index (Phi) is 5.14. The van der Waals surface area contributed by atoms with Gasteiger partial charge in [0.1, 0.15) is 6.61 Å². The molecule has 0 fully saturated rings. The Hall–Kier alpha value is -3.08. The minimum absolute atomic E-state index is 0.0937. The van der Waals surface area contributed by atoms with Gasteiger partial charge in [0.2, 0.25) is 0 Å². The van der Waals surface area contributed by atoms with Crippen LogP contribution >= 0.6 is 0 Å². The van der Waals surface area contributed by atoms with Gasteiger partial charge in [-0.25, -0.2) is 4.39 Å². The smallest absolute Gasteiger partial charge is 0.287 e. The Morgan fingerprint density at radius 3 is 2.52 bits per heavy atom. The first kappa shape index (κ1) is 16.8. The van der Waals surface area contributed by atoms with Gasteiger partial charge in [-0.15, -0.1) is 0 Å². The Bertz CT molecular complexity index is 845. The number of carbonyl (C=O) groups excluding carboxylic acids is 1. The minimum atomic E-state index is -0.446. The van der Waals surface area contributed by atoms with Crippen LogP contribution in [0, 0.1) is 12.7 Å². The van der Waals surface area contributed by atoms with E-state index in [1.807, 2.05) is 30.3 Å². The quantitative estimate of drug-likeness (QED) is 0.729. The lowest BCUT2D eigenvalue weighted by molar-refractivity contribution is 0.0891. The van der Waals surface area contributed by atoms with Crippen LogP contribution < -0.4 is 10.1 Å². The molecule has 5 heteroatoms. The summed E-state index contributed by atoms with van der Waals surface area (Å²) in [5, 5.41) is 2.89. The van der Waals surface area contributed by atoms with Crippen molar-refractivity contribution in [2.24, 2.45) is 0 Å².